The zero-order valence-electron chi connectivity index (χ0n) is 11.2. The molecule has 0 radical (unpaired) electrons. The summed E-state index contributed by atoms with van der Waals surface area (Å²) < 4.78 is 0. The van der Waals surface area contributed by atoms with Crippen LogP contribution in [0.5, 0.6) is 0 Å². The average Bonchev–Trinajstić information content (AvgIpc) is 2.83. The van der Waals surface area contributed by atoms with E-state index in [4.69, 9.17) is 5.73 Å². The molecular weight excluding hydrogens is 258 g/mol. The molecular formula is C14H17N3O3. The second kappa shape index (κ2) is 5.83. The molecule has 2 rings (SSSR count). The van der Waals surface area contributed by atoms with Gasteiger partial charge in [-0.1, -0.05) is 24.3 Å². The highest BCUT2D eigenvalue weighted by Gasteiger charge is 2.22. The third-order valence-electron chi connectivity index (χ3n) is 3.52. The summed E-state index contributed by atoms with van der Waals surface area (Å²) in [4.78, 5) is 22.4. The molecule has 3 N–H and O–H groups in total. The lowest BCUT2D eigenvalue weighted by atomic mass is 10.1. The zero-order chi connectivity index (χ0) is 14.7. The van der Waals surface area contributed by atoms with Crippen LogP contribution in [-0.4, -0.2) is 16.9 Å². The molecule has 1 aliphatic rings. The maximum Gasteiger partial charge on any atom is 0.272 e. The number of hydrogen-bond donors (Lipinski definition) is 2. The van der Waals surface area contributed by atoms with Gasteiger partial charge in [0, 0.05) is 24.2 Å². The van der Waals surface area contributed by atoms with E-state index >= 15 is 0 Å². The largest absolute Gasteiger partial charge is 0.352 e. The van der Waals surface area contributed by atoms with Crippen molar-refractivity contribution in [3.8, 4) is 0 Å². The molecule has 6 heteroatoms. The van der Waals surface area contributed by atoms with Gasteiger partial charge < -0.3 is 11.1 Å². The van der Waals surface area contributed by atoms with Crippen LogP contribution in [0.4, 0.5) is 5.69 Å². The molecule has 2 unspecified atom stereocenters. The van der Waals surface area contributed by atoms with Crippen molar-refractivity contribution in [2.45, 2.75) is 25.9 Å². The van der Waals surface area contributed by atoms with Crippen molar-refractivity contribution in [1.29, 1.82) is 0 Å². The molecule has 0 spiro atoms. The van der Waals surface area contributed by atoms with Crippen molar-refractivity contribution < 1.29 is 9.72 Å². The Balaban J connectivity index is 2.01. The topological polar surface area (TPSA) is 98.3 Å². The number of nitrogens with two attached hydrogens (primary N) is 1. The van der Waals surface area contributed by atoms with Gasteiger partial charge in [0.2, 0.25) is 5.91 Å². The molecule has 1 amide bonds. The van der Waals surface area contributed by atoms with Gasteiger partial charge in [-0.2, -0.15) is 0 Å². The molecule has 1 aliphatic carbocycles. The predicted molar refractivity (Wildman–Crippen MR) is 74.9 cm³/mol. The smallest absolute Gasteiger partial charge is 0.272 e. The van der Waals surface area contributed by atoms with E-state index in [-0.39, 0.29) is 30.1 Å². The highest BCUT2D eigenvalue weighted by atomic mass is 16.6. The van der Waals surface area contributed by atoms with Gasteiger partial charge in [-0.15, -0.1) is 0 Å². The van der Waals surface area contributed by atoms with Crippen LogP contribution in [0.2, 0.25) is 0 Å². The molecule has 20 heavy (non-hydrogen) atoms. The van der Waals surface area contributed by atoms with E-state index in [1.165, 1.54) is 6.07 Å². The average molecular weight is 275 g/mol. The fourth-order valence-corrected chi connectivity index (χ4v) is 2.29. The normalized spacial score (nSPS) is 20.9. The Morgan fingerprint density at radius 1 is 1.50 bits per heavy atom. The molecule has 0 aliphatic heterocycles. The zero-order valence-corrected chi connectivity index (χ0v) is 11.2. The number of amides is 1. The van der Waals surface area contributed by atoms with Crippen LogP contribution in [-0.2, 0) is 11.3 Å². The van der Waals surface area contributed by atoms with Crippen molar-refractivity contribution in [3.05, 3.63) is 51.6 Å². The van der Waals surface area contributed by atoms with E-state index < -0.39 is 4.92 Å². The Bertz CT molecular complexity index is 569. The van der Waals surface area contributed by atoms with Crippen LogP contribution in [0, 0.1) is 23.0 Å². The highest BCUT2D eigenvalue weighted by Crippen LogP contribution is 2.21. The number of rotatable bonds is 4. The Morgan fingerprint density at radius 3 is 2.85 bits per heavy atom. The summed E-state index contributed by atoms with van der Waals surface area (Å²) >= 11 is 0. The third kappa shape index (κ3) is 3.03. The Labute approximate surface area is 116 Å². The Hall–Kier alpha value is -2.21. The number of nitro benzene ring substituents is 1. The van der Waals surface area contributed by atoms with Crippen LogP contribution in [0.15, 0.2) is 30.4 Å². The van der Waals surface area contributed by atoms with Gasteiger partial charge in [-0.3, -0.25) is 14.9 Å². The predicted octanol–water partition coefficient (Wildman–Crippen LogP) is 1.42. The van der Waals surface area contributed by atoms with Crippen LogP contribution in [0.3, 0.4) is 0 Å². The molecule has 1 aromatic carbocycles. The van der Waals surface area contributed by atoms with Crippen LogP contribution in [0.1, 0.15) is 17.5 Å². The summed E-state index contributed by atoms with van der Waals surface area (Å²) in [6.45, 7) is 1.97. The van der Waals surface area contributed by atoms with Crippen LogP contribution >= 0.6 is 0 Å². The molecule has 106 valence electrons. The van der Waals surface area contributed by atoms with E-state index in [1.807, 2.05) is 6.08 Å². The van der Waals surface area contributed by atoms with Gasteiger partial charge in [-0.05, 0) is 18.9 Å². The van der Waals surface area contributed by atoms with Gasteiger partial charge in [0.1, 0.15) is 0 Å². The standard InChI is InChI=1S/C14H17N3O3/c1-9-11(3-2-4-13(9)17(19)20)8-16-14(18)10-5-6-12(15)7-10/h2-6,10,12H,7-8,15H2,1H3,(H,16,18). The van der Waals surface area contributed by atoms with Crippen molar-refractivity contribution in [3.63, 3.8) is 0 Å². The number of hydrogen-bond acceptors (Lipinski definition) is 4. The molecule has 0 saturated carbocycles. The first-order valence-corrected chi connectivity index (χ1v) is 6.43. The number of carbonyl (C=O) groups is 1. The summed E-state index contributed by atoms with van der Waals surface area (Å²) in [6, 6.07) is 4.79. The Kier molecular flexibility index (Phi) is 4.14. The molecule has 1 aromatic rings. The van der Waals surface area contributed by atoms with E-state index in [2.05, 4.69) is 5.32 Å². The lowest BCUT2D eigenvalue weighted by Crippen LogP contribution is -2.30. The molecule has 0 saturated heterocycles. The Morgan fingerprint density at radius 2 is 2.25 bits per heavy atom. The van der Waals surface area contributed by atoms with Crippen molar-refractivity contribution >= 4 is 11.6 Å². The number of nitro groups is 1. The first-order valence-electron chi connectivity index (χ1n) is 6.43. The van der Waals surface area contributed by atoms with Crippen molar-refractivity contribution in [1.82, 2.24) is 5.32 Å². The van der Waals surface area contributed by atoms with Crippen molar-refractivity contribution in [2.24, 2.45) is 11.7 Å². The monoisotopic (exact) mass is 275 g/mol. The minimum atomic E-state index is -0.417. The van der Waals surface area contributed by atoms with Gasteiger partial charge in [-0.25, -0.2) is 0 Å². The fourth-order valence-electron chi connectivity index (χ4n) is 2.29. The van der Waals surface area contributed by atoms with Crippen LogP contribution < -0.4 is 11.1 Å². The maximum absolute atomic E-state index is 11.9. The fraction of sp³-hybridized carbons (Fsp3) is 0.357. The molecule has 6 nitrogen and oxygen atoms in total. The molecule has 0 fully saturated rings. The third-order valence-corrected chi connectivity index (χ3v) is 3.52. The first kappa shape index (κ1) is 14.2. The van der Waals surface area contributed by atoms with E-state index in [0.717, 1.165) is 5.56 Å². The lowest BCUT2D eigenvalue weighted by Gasteiger charge is -2.12. The summed E-state index contributed by atoms with van der Waals surface area (Å²) in [6.07, 6.45) is 4.24. The second-order valence-corrected chi connectivity index (χ2v) is 4.93. The minimum absolute atomic E-state index is 0.0645. The highest BCUT2D eigenvalue weighted by molar-refractivity contribution is 5.81. The number of carbonyl (C=O) groups excluding carboxylic acids is 1. The summed E-state index contributed by atoms with van der Waals surface area (Å²) in [7, 11) is 0. The van der Waals surface area contributed by atoms with Gasteiger partial charge >= 0.3 is 0 Å². The lowest BCUT2D eigenvalue weighted by molar-refractivity contribution is -0.385. The van der Waals surface area contributed by atoms with E-state index in [1.54, 1.807) is 25.1 Å². The molecule has 0 heterocycles. The molecule has 2 atom stereocenters. The molecule has 0 bridgehead atoms. The first-order chi connectivity index (χ1) is 9.49. The molecule has 0 aromatic heterocycles. The maximum atomic E-state index is 11.9. The van der Waals surface area contributed by atoms with E-state index in [9.17, 15) is 14.9 Å². The van der Waals surface area contributed by atoms with Gasteiger partial charge in [0.15, 0.2) is 0 Å². The van der Waals surface area contributed by atoms with Crippen LogP contribution in [0.25, 0.3) is 0 Å². The van der Waals surface area contributed by atoms with Crippen molar-refractivity contribution in [2.75, 3.05) is 0 Å². The van der Waals surface area contributed by atoms with Gasteiger partial charge in [0.05, 0.1) is 10.8 Å². The number of nitrogens with zero attached hydrogens (tertiary/aromatic N) is 1. The number of benzene rings is 1. The summed E-state index contributed by atoms with van der Waals surface area (Å²) in [5.74, 6) is -0.302. The van der Waals surface area contributed by atoms with E-state index in [0.29, 0.717) is 12.0 Å². The summed E-state index contributed by atoms with van der Waals surface area (Å²) in [5.41, 5.74) is 7.10. The SMILES string of the molecule is Cc1c(CNC(=O)C2C=CC(N)C2)cccc1[N+](=O)[O-]. The second-order valence-electron chi connectivity index (χ2n) is 4.93. The number of nitrogens with one attached hydrogen (secondary N) is 1. The quantitative estimate of drug-likeness (QED) is 0.493. The summed E-state index contributed by atoms with van der Waals surface area (Å²) in [5, 5.41) is 13.7. The van der Waals surface area contributed by atoms with Gasteiger partial charge in [0.25, 0.3) is 5.69 Å². The minimum Gasteiger partial charge on any atom is -0.352 e.